The molecule has 2 aromatic rings. The SMILES string of the molecule is CCCn1c(O)c(C(=O)COc2cc(C)c(Cl)c(C)c2)c(C)c(C#N)c1=O. The first kappa shape index (κ1) is 20.5. The van der Waals surface area contributed by atoms with Gasteiger partial charge in [0.2, 0.25) is 11.7 Å². The molecule has 0 saturated heterocycles. The molecule has 0 aliphatic rings. The molecular weight excluding hydrogens is 368 g/mol. The molecule has 142 valence electrons. The van der Waals surface area contributed by atoms with E-state index < -0.39 is 17.2 Å². The largest absolute Gasteiger partial charge is 0.494 e. The van der Waals surface area contributed by atoms with Gasteiger partial charge >= 0.3 is 0 Å². The number of nitrogens with zero attached hydrogens (tertiary/aromatic N) is 2. The number of hydrogen-bond donors (Lipinski definition) is 1. The summed E-state index contributed by atoms with van der Waals surface area (Å²) in [6, 6.07) is 5.26. The van der Waals surface area contributed by atoms with Gasteiger partial charge < -0.3 is 9.84 Å². The number of carbonyl (C=O) groups is 1. The van der Waals surface area contributed by atoms with Crippen molar-refractivity contribution in [1.29, 1.82) is 5.26 Å². The number of ketones is 1. The van der Waals surface area contributed by atoms with Gasteiger partial charge in [-0.3, -0.25) is 14.2 Å². The molecule has 1 aromatic carbocycles. The van der Waals surface area contributed by atoms with E-state index in [1.165, 1.54) is 6.92 Å². The lowest BCUT2D eigenvalue weighted by Crippen LogP contribution is -2.27. The van der Waals surface area contributed by atoms with E-state index in [1.807, 2.05) is 26.8 Å². The lowest BCUT2D eigenvalue weighted by molar-refractivity contribution is 0.0916. The van der Waals surface area contributed by atoms with Crippen molar-refractivity contribution >= 4 is 17.4 Å². The zero-order valence-corrected chi connectivity index (χ0v) is 16.5. The Morgan fingerprint density at radius 1 is 1.30 bits per heavy atom. The second-order valence-electron chi connectivity index (χ2n) is 6.35. The Hall–Kier alpha value is -2.78. The normalized spacial score (nSPS) is 10.5. The van der Waals surface area contributed by atoms with Crippen LogP contribution in [0.2, 0.25) is 5.02 Å². The molecule has 0 bridgehead atoms. The number of ether oxygens (including phenoxy) is 1. The number of nitriles is 1. The van der Waals surface area contributed by atoms with Crippen molar-refractivity contribution in [2.75, 3.05) is 6.61 Å². The molecule has 0 saturated carbocycles. The Kier molecular flexibility index (Phi) is 6.29. The molecule has 2 rings (SSSR count). The summed E-state index contributed by atoms with van der Waals surface area (Å²) in [5.74, 6) is -0.477. The van der Waals surface area contributed by atoms with Crippen LogP contribution in [0.1, 0.15) is 46.0 Å². The zero-order valence-electron chi connectivity index (χ0n) is 15.7. The summed E-state index contributed by atoms with van der Waals surface area (Å²) in [4.78, 5) is 25.0. The minimum atomic E-state index is -0.601. The van der Waals surface area contributed by atoms with E-state index >= 15 is 0 Å². The second kappa shape index (κ2) is 8.28. The number of pyridine rings is 1. The van der Waals surface area contributed by atoms with Gasteiger partial charge in [-0.2, -0.15) is 5.26 Å². The van der Waals surface area contributed by atoms with Gasteiger partial charge in [-0.25, -0.2) is 0 Å². The van der Waals surface area contributed by atoms with E-state index in [4.69, 9.17) is 16.3 Å². The topological polar surface area (TPSA) is 92.3 Å². The predicted molar refractivity (Wildman–Crippen MR) is 103 cm³/mol. The summed E-state index contributed by atoms with van der Waals surface area (Å²) in [6.07, 6.45) is 0.564. The number of rotatable bonds is 6. The highest BCUT2D eigenvalue weighted by Gasteiger charge is 2.24. The van der Waals surface area contributed by atoms with Crippen LogP contribution in [0.25, 0.3) is 0 Å². The third-order valence-electron chi connectivity index (χ3n) is 4.31. The highest BCUT2D eigenvalue weighted by molar-refractivity contribution is 6.32. The number of halogens is 1. The summed E-state index contributed by atoms with van der Waals surface area (Å²) in [7, 11) is 0. The highest BCUT2D eigenvalue weighted by atomic mass is 35.5. The Morgan fingerprint density at radius 2 is 1.89 bits per heavy atom. The maximum Gasteiger partial charge on any atom is 0.271 e. The molecule has 27 heavy (non-hydrogen) atoms. The van der Waals surface area contributed by atoms with E-state index in [-0.39, 0.29) is 29.8 Å². The number of aromatic hydroxyl groups is 1. The smallest absolute Gasteiger partial charge is 0.271 e. The number of benzene rings is 1. The number of Topliss-reactive ketones (excluding diaryl/α,β-unsaturated/α-hetero) is 1. The first-order valence-electron chi connectivity index (χ1n) is 8.52. The molecule has 1 aromatic heterocycles. The van der Waals surface area contributed by atoms with Gasteiger partial charge in [-0.15, -0.1) is 0 Å². The third-order valence-corrected chi connectivity index (χ3v) is 4.90. The van der Waals surface area contributed by atoms with Gasteiger partial charge in [0.25, 0.3) is 5.56 Å². The Balaban J connectivity index is 2.40. The monoisotopic (exact) mass is 388 g/mol. The number of hydrogen-bond acceptors (Lipinski definition) is 5. The fraction of sp³-hybridized carbons (Fsp3) is 0.350. The van der Waals surface area contributed by atoms with Crippen LogP contribution < -0.4 is 10.3 Å². The van der Waals surface area contributed by atoms with Crippen molar-refractivity contribution in [2.45, 2.75) is 40.7 Å². The fourth-order valence-electron chi connectivity index (χ4n) is 2.93. The van der Waals surface area contributed by atoms with Crippen LogP contribution in [0.4, 0.5) is 0 Å². The third kappa shape index (κ3) is 3.99. The van der Waals surface area contributed by atoms with Gasteiger partial charge in [0.15, 0.2) is 6.61 Å². The quantitative estimate of drug-likeness (QED) is 0.762. The van der Waals surface area contributed by atoms with Crippen LogP contribution in [-0.2, 0) is 6.54 Å². The lowest BCUT2D eigenvalue weighted by atomic mass is 10.0. The summed E-state index contributed by atoms with van der Waals surface area (Å²) in [5, 5.41) is 20.4. The molecule has 7 heteroatoms. The number of aryl methyl sites for hydroxylation is 2. The lowest BCUT2D eigenvalue weighted by Gasteiger charge is -2.15. The molecule has 0 radical (unpaired) electrons. The molecule has 0 amide bonds. The molecule has 0 atom stereocenters. The minimum absolute atomic E-state index is 0.0676. The van der Waals surface area contributed by atoms with Crippen LogP contribution in [0, 0.1) is 32.1 Å². The van der Waals surface area contributed by atoms with E-state index in [9.17, 15) is 20.0 Å². The van der Waals surface area contributed by atoms with E-state index in [1.54, 1.807) is 12.1 Å². The van der Waals surface area contributed by atoms with Crippen LogP contribution in [0.3, 0.4) is 0 Å². The standard InChI is InChI=1S/C20H21ClN2O4/c1-5-6-23-19(25)15(9-22)13(4)17(20(23)26)16(24)10-27-14-7-11(2)18(21)12(3)8-14/h7-8,26H,5-6,10H2,1-4H3. The molecule has 1 heterocycles. The van der Waals surface area contributed by atoms with Gasteiger partial charge in [0.05, 0.1) is 5.56 Å². The summed E-state index contributed by atoms with van der Waals surface area (Å²) >= 11 is 6.13. The summed E-state index contributed by atoms with van der Waals surface area (Å²) in [6.45, 7) is 6.83. The first-order chi connectivity index (χ1) is 12.7. The summed E-state index contributed by atoms with van der Waals surface area (Å²) in [5.41, 5.74) is 0.979. The molecule has 0 fully saturated rings. The molecule has 0 aliphatic carbocycles. The van der Waals surface area contributed by atoms with Crippen molar-refractivity contribution in [3.05, 3.63) is 55.3 Å². The van der Waals surface area contributed by atoms with Crippen LogP contribution in [0.15, 0.2) is 16.9 Å². The van der Waals surface area contributed by atoms with Gasteiger partial charge in [-0.05, 0) is 56.0 Å². The fourth-order valence-corrected chi connectivity index (χ4v) is 3.04. The summed E-state index contributed by atoms with van der Waals surface area (Å²) < 4.78 is 6.61. The Labute approximate surface area is 162 Å². The van der Waals surface area contributed by atoms with Crippen LogP contribution >= 0.6 is 11.6 Å². The van der Waals surface area contributed by atoms with Crippen molar-refractivity contribution in [3.63, 3.8) is 0 Å². The van der Waals surface area contributed by atoms with Crippen molar-refractivity contribution in [2.24, 2.45) is 0 Å². The number of aromatic nitrogens is 1. The first-order valence-corrected chi connectivity index (χ1v) is 8.89. The van der Waals surface area contributed by atoms with E-state index in [0.717, 1.165) is 15.7 Å². The highest BCUT2D eigenvalue weighted by Crippen LogP contribution is 2.27. The van der Waals surface area contributed by atoms with Crippen LogP contribution in [-0.4, -0.2) is 22.1 Å². The maximum atomic E-state index is 12.7. The van der Waals surface area contributed by atoms with Crippen molar-refractivity contribution < 1.29 is 14.6 Å². The van der Waals surface area contributed by atoms with Crippen molar-refractivity contribution in [1.82, 2.24) is 4.57 Å². The van der Waals surface area contributed by atoms with Gasteiger partial charge in [0, 0.05) is 11.6 Å². The van der Waals surface area contributed by atoms with Gasteiger partial charge in [-0.1, -0.05) is 18.5 Å². The minimum Gasteiger partial charge on any atom is -0.494 e. The maximum absolute atomic E-state index is 12.7. The Morgan fingerprint density at radius 3 is 2.41 bits per heavy atom. The molecular formula is C20H21ClN2O4. The Bertz CT molecular complexity index is 980. The van der Waals surface area contributed by atoms with Gasteiger partial charge in [0.1, 0.15) is 17.4 Å². The average Bonchev–Trinajstić information content (AvgIpc) is 2.61. The molecule has 0 spiro atoms. The number of carbonyl (C=O) groups excluding carboxylic acids is 1. The van der Waals surface area contributed by atoms with E-state index in [2.05, 4.69) is 0 Å². The second-order valence-corrected chi connectivity index (χ2v) is 6.73. The molecule has 6 nitrogen and oxygen atoms in total. The molecule has 1 N–H and O–H groups in total. The van der Waals surface area contributed by atoms with E-state index in [0.29, 0.717) is 17.2 Å². The predicted octanol–water partition coefficient (Wildman–Crippen LogP) is 3.68. The zero-order chi connectivity index (χ0) is 20.3. The van der Waals surface area contributed by atoms with Crippen LogP contribution in [0.5, 0.6) is 11.6 Å². The van der Waals surface area contributed by atoms with Crippen molar-refractivity contribution in [3.8, 4) is 17.7 Å². The molecule has 0 aliphatic heterocycles. The molecule has 0 unspecified atom stereocenters. The average molecular weight is 389 g/mol.